The summed E-state index contributed by atoms with van der Waals surface area (Å²) in [5, 5.41) is 3.19. The summed E-state index contributed by atoms with van der Waals surface area (Å²) in [5.41, 5.74) is 6.78. The van der Waals surface area contributed by atoms with Gasteiger partial charge in [-0.3, -0.25) is 4.79 Å². The summed E-state index contributed by atoms with van der Waals surface area (Å²) in [5.74, 6) is 0.967. The Morgan fingerprint density at radius 1 is 1.40 bits per heavy atom. The molecule has 3 atom stereocenters. The predicted molar refractivity (Wildman–Crippen MR) is 77.4 cm³/mol. The summed E-state index contributed by atoms with van der Waals surface area (Å²) >= 11 is 0. The molecule has 0 spiro atoms. The lowest BCUT2D eigenvalue weighted by Crippen LogP contribution is -2.48. The molecule has 1 heterocycles. The topological polar surface area (TPSA) is 64.3 Å². The lowest BCUT2D eigenvalue weighted by atomic mass is 9.83. The summed E-state index contributed by atoms with van der Waals surface area (Å²) < 4.78 is 5.63. The van der Waals surface area contributed by atoms with E-state index in [1.807, 2.05) is 31.2 Å². The normalized spacial score (nSPS) is 32.3. The summed E-state index contributed by atoms with van der Waals surface area (Å²) in [4.78, 5) is 12.6. The minimum Gasteiger partial charge on any atom is -0.493 e. The van der Waals surface area contributed by atoms with Gasteiger partial charge in [-0.05, 0) is 25.8 Å². The van der Waals surface area contributed by atoms with E-state index in [4.69, 9.17) is 10.5 Å². The van der Waals surface area contributed by atoms with Crippen LogP contribution in [0.5, 0.6) is 5.75 Å². The Labute approximate surface area is 119 Å². The van der Waals surface area contributed by atoms with Gasteiger partial charge in [-0.25, -0.2) is 0 Å². The maximum absolute atomic E-state index is 12.6. The van der Waals surface area contributed by atoms with Gasteiger partial charge in [-0.2, -0.15) is 0 Å². The molecule has 3 unspecified atom stereocenters. The van der Waals surface area contributed by atoms with E-state index in [9.17, 15) is 4.79 Å². The van der Waals surface area contributed by atoms with E-state index < -0.39 is 5.41 Å². The van der Waals surface area contributed by atoms with Gasteiger partial charge in [0.15, 0.2) is 0 Å². The highest BCUT2D eigenvalue weighted by Gasteiger charge is 2.43. The summed E-state index contributed by atoms with van der Waals surface area (Å²) in [6.45, 7) is 2.63. The van der Waals surface area contributed by atoms with E-state index >= 15 is 0 Å². The van der Waals surface area contributed by atoms with Crippen molar-refractivity contribution in [1.82, 2.24) is 5.32 Å². The molecule has 1 aliphatic heterocycles. The Balaban J connectivity index is 1.77. The summed E-state index contributed by atoms with van der Waals surface area (Å²) in [6, 6.07) is 7.93. The van der Waals surface area contributed by atoms with Crippen LogP contribution in [0.1, 0.15) is 44.2 Å². The fraction of sp³-hybridized carbons (Fsp3) is 0.562. The molecule has 1 saturated carbocycles. The van der Waals surface area contributed by atoms with Crippen LogP contribution in [0.3, 0.4) is 0 Å². The van der Waals surface area contributed by atoms with Crippen LogP contribution in [-0.4, -0.2) is 18.6 Å². The van der Waals surface area contributed by atoms with Crippen LogP contribution in [0, 0.1) is 5.41 Å². The third kappa shape index (κ3) is 2.18. The Kier molecular flexibility index (Phi) is 3.42. The first-order valence-electron chi connectivity index (χ1n) is 7.39. The molecule has 0 bridgehead atoms. The van der Waals surface area contributed by atoms with Crippen molar-refractivity contribution >= 4 is 5.91 Å². The number of hydrogen-bond donors (Lipinski definition) is 2. The molecule has 108 valence electrons. The minimum atomic E-state index is -0.423. The summed E-state index contributed by atoms with van der Waals surface area (Å²) in [7, 11) is 0. The number of fused-ring (bicyclic) bond motifs is 1. The minimum absolute atomic E-state index is 0.0300. The van der Waals surface area contributed by atoms with E-state index in [0.29, 0.717) is 6.61 Å². The highest BCUT2D eigenvalue weighted by Crippen LogP contribution is 2.38. The quantitative estimate of drug-likeness (QED) is 0.868. The van der Waals surface area contributed by atoms with E-state index in [-0.39, 0.29) is 18.0 Å². The van der Waals surface area contributed by atoms with Crippen LogP contribution in [0.4, 0.5) is 0 Å². The van der Waals surface area contributed by atoms with Crippen molar-refractivity contribution < 1.29 is 9.53 Å². The van der Waals surface area contributed by atoms with Crippen LogP contribution in [-0.2, 0) is 4.79 Å². The third-order valence-corrected chi connectivity index (χ3v) is 4.81. The fourth-order valence-electron chi connectivity index (χ4n) is 3.29. The van der Waals surface area contributed by atoms with E-state index in [0.717, 1.165) is 37.0 Å². The highest BCUT2D eigenvalue weighted by atomic mass is 16.5. The zero-order valence-corrected chi connectivity index (χ0v) is 11.9. The van der Waals surface area contributed by atoms with Crippen molar-refractivity contribution in [3.05, 3.63) is 29.8 Å². The molecule has 20 heavy (non-hydrogen) atoms. The molecule has 3 N–H and O–H groups in total. The van der Waals surface area contributed by atoms with Gasteiger partial charge in [0.2, 0.25) is 5.91 Å². The Morgan fingerprint density at radius 3 is 2.95 bits per heavy atom. The highest BCUT2D eigenvalue weighted by molar-refractivity contribution is 5.84. The maximum Gasteiger partial charge on any atom is 0.227 e. The van der Waals surface area contributed by atoms with Crippen LogP contribution < -0.4 is 15.8 Å². The third-order valence-electron chi connectivity index (χ3n) is 4.81. The number of carbonyl (C=O) groups is 1. The molecule has 4 heteroatoms. The lowest BCUT2D eigenvalue weighted by Gasteiger charge is -2.32. The van der Waals surface area contributed by atoms with Crippen molar-refractivity contribution in [3.63, 3.8) is 0 Å². The van der Waals surface area contributed by atoms with Gasteiger partial charge in [0.25, 0.3) is 0 Å². The SMILES string of the molecule is CC1(C(=O)NC2CCOc3ccccc32)CCCC1N. The zero-order valence-electron chi connectivity index (χ0n) is 11.9. The van der Waals surface area contributed by atoms with E-state index in [2.05, 4.69) is 5.32 Å². The number of para-hydroxylation sites is 1. The predicted octanol–water partition coefficient (Wildman–Crippen LogP) is 2.14. The fourth-order valence-corrected chi connectivity index (χ4v) is 3.29. The average Bonchev–Trinajstić information content (AvgIpc) is 2.80. The Hall–Kier alpha value is -1.55. The van der Waals surface area contributed by atoms with Crippen molar-refractivity contribution in [3.8, 4) is 5.75 Å². The van der Waals surface area contributed by atoms with Crippen LogP contribution >= 0.6 is 0 Å². The van der Waals surface area contributed by atoms with Gasteiger partial charge in [-0.1, -0.05) is 24.6 Å². The number of nitrogens with two attached hydrogens (primary N) is 1. The standard InChI is InChI=1S/C16H22N2O2/c1-16(9-4-7-14(16)17)15(19)18-12-8-10-20-13-6-3-2-5-11(12)13/h2-3,5-6,12,14H,4,7-10,17H2,1H3,(H,18,19). The number of rotatable bonds is 2. The second-order valence-electron chi connectivity index (χ2n) is 6.12. The lowest BCUT2D eigenvalue weighted by molar-refractivity contribution is -0.131. The maximum atomic E-state index is 12.6. The van der Waals surface area contributed by atoms with Crippen molar-refractivity contribution in [1.29, 1.82) is 0 Å². The van der Waals surface area contributed by atoms with Crippen LogP contribution in [0.2, 0.25) is 0 Å². The van der Waals surface area contributed by atoms with Gasteiger partial charge in [0.1, 0.15) is 5.75 Å². The molecule has 1 aliphatic carbocycles. The molecule has 0 aromatic heterocycles. The average molecular weight is 274 g/mol. The number of nitrogens with one attached hydrogen (secondary N) is 1. The molecular weight excluding hydrogens is 252 g/mol. The monoisotopic (exact) mass is 274 g/mol. The molecule has 1 aromatic rings. The first-order chi connectivity index (χ1) is 9.61. The number of benzene rings is 1. The Bertz CT molecular complexity index is 517. The van der Waals surface area contributed by atoms with Gasteiger partial charge in [0.05, 0.1) is 18.1 Å². The van der Waals surface area contributed by atoms with E-state index in [1.54, 1.807) is 0 Å². The number of ether oxygens (including phenoxy) is 1. The number of carbonyl (C=O) groups excluding carboxylic acids is 1. The van der Waals surface area contributed by atoms with Crippen molar-refractivity contribution in [2.75, 3.05) is 6.61 Å². The number of amides is 1. The smallest absolute Gasteiger partial charge is 0.227 e. The molecule has 4 nitrogen and oxygen atoms in total. The second-order valence-corrected chi connectivity index (χ2v) is 6.12. The molecule has 0 saturated heterocycles. The van der Waals surface area contributed by atoms with Gasteiger partial charge in [-0.15, -0.1) is 0 Å². The van der Waals surface area contributed by atoms with Crippen LogP contribution in [0.15, 0.2) is 24.3 Å². The molecule has 0 radical (unpaired) electrons. The largest absolute Gasteiger partial charge is 0.493 e. The molecule has 1 fully saturated rings. The van der Waals surface area contributed by atoms with E-state index in [1.165, 1.54) is 0 Å². The van der Waals surface area contributed by atoms with Gasteiger partial charge in [0, 0.05) is 18.0 Å². The number of hydrogen-bond acceptors (Lipinski definition) is 3. The second kappa shape index (κ2) is 5.09. The van der Waals surface area contributed by atoms with Crippen molar-refractivity contribution in [2.45, 2.75) is 44.7 Å². The molecule has 1 amide bonds. The molecule has 3 rings (SSSR count). The molecular formula is C16H22N2O2. The first kappa shape index (κ1) is 13.4. The Morgan fingerprint density at radius 2 is 2.20 bits per heavy atom. The van der Waals surface area contributed by atoms with Crippen molar-refractivity contribution in [2.24, 2.45) is 11.1 Å². The summed E-state index contributed by atoms with van der Waals surface area (Å²) in [6.07, 6.45) is 3.67. The molecule has 1 aromatic carbocycles. The molecule has 2 aliphatic rings. The van der Waals surface area contributed by atoms with Crippen LogP contribution in [0.25, 0.3) is 0 Å². The zero-order chi connectivity index (χ0) is 14.2. The van der Waals surface area contributed by atoms with Gasteiger partial charge >= 0.3 is 0 Å². The van der Waals surface area contributed by atoms with Gasteiger partial charge < -0.3 is 15.8 Å². The first-order valence-corrected chi connectivity index (χ1v) is 7.39.